The number of ether oxygens (including phenoxy) is 4. The Kier molecular flexibility index (Phi) is 36.8. The predicted molar refractivity (Wildman–Crippen MR) is 252 cm³/mol. The lowest BCUT2D eigenvalue weighted by molar-refractivity contribution is -0.164. The second-order valence-corrected chi connectivity index (χ2v) is 17.9. The van der Waals surface area contributed by atoms with Gasteiger partial charge in [0.25, 0.3) is 0 Å². The lowest BCUT2D eigenvalue weighted by Gasteiger charge is -2.41. The van der Waals surface area contributed by atoms with Crippen LogP contribution in [-0.2, 0) is 28.5 Å². The Bertz CT molecular complexity index is 1070. The van der Waals surface area contributed by atoms with Gasteiger partial charge in [0.1, 0.15) is 13.2 Å². The fourth-order valence-corrected chi connectivity index (χ4v) is 7.64. The fraction of sp³-hybridized carbons (Fsp3) is 0.863. The number of esters is 2. The standard InChI is InChI=1S/C51H95N3O6/c1-6-9-12-15-18-19-20-21-22-23-24-25-26-27-30-35-48(55)59-45-51(38-41-54(42-39-51)47(52)34-33-40-53(4)5)46-60-49(56)36-37-50(57-43-31-28-16-13-10-7-2)58-44-32-29-17-14-11-8-3/h18-19,21-22,50,52H,6-17,20,23-46H2,1-5H3/b19-18-,22-21-,52-47?. The minimum absolute atomic E-state index is 0.168. The van der Waals surface area contributed by atoms with Gasteiger partial charge in [0, 0.05) is 51.0 Å². The molecule has 0 amide bonds. The van der Waals surface area contributed by atoms with Crippen LogP contribution in [0.5, 0.6) is 0 Å². The van der Waals surface area contributed by atoms with Crippen molar-refractivity contribution in [3.05, 3.63) is 24.3 Å². The first-order chi connectivity index (χ1) is 29.2. The van der Waals surface area contributed by atoms with Gasteiger partial charge >= 0.3 is 11.9 Å². The number of allylic oxidation sites excluding steroid dienone is 4. The third-order valence-corrected chi connectivity index (χ3v) is 11.8. The smallest absolute Gasteiger partial charge is 0.305 e. The summed E-state index contributed by atoms with van der Waals surface area (Å²) in [6, 6.07) is 0. The molecule has 1 rings (SSSR count). The summed E-state index contributed by atoms with van der Waals surface area (Å²) in [7, 11) is 4.12. The molecule has 0 radical (unpaired) electrons. The highest BCUT2D eigenvalue weighted by molar-refractivity contribution is 5.79. The predicted octanol–water partition coefficient (Wildman–Crippen LogP) is 13.1. The highest BCUT2D eigenvalue weighted by Gasteiger charge is 2.38. The quantitative estimate of drug-likeness (QED) is 0.0162. The number of unbranched alkanes of at least 4 members (excludes halogenated alkanes) is 18. The zero-order valence-electron chi connectivity index (χ0n) is 39.9. The minimum atomic E-state index is -0.452. The van der Waals surface area contributed by atoms with Crippen molar-refractivity contribution in [3.63, 3.8) is 0 Å². The maximum atomic E-state index is 13.2. The van der Waals surface area contributed by atoms with Gasteiger partial charge in [-0.2, -0.15) is 0 Å². The zero-order chi connectivity index (χ0) is 43.8. The van der Waals surface area contributed by atoms with E-state index in [2.05, 4.69) is 69.0 Å². The molecule has 0 atom stereocenters. The van der Waals surface area contributed by atoms with Crippen LogP contribution in [-0.4, -0.2) is 94.0 Å². The molecule has 0 aromatic carbocycles. The Labute approximate surface area is 370 Å². The van der Waals surface area contributed by atoms with Crippen molar-refractivity contribution in [2.24, 2.45) is 5.41 Å². The lowest BCUT2D eigenvalue weighted by atomic mass is 9.79. The molecule has 0 bridgehead atoms. The van der Waals surface area contributed by atoms with Crippen molar-refractivity contribution in [1.29, 1.82) is 5.41 Å². The summed E-state index contributed by atoms with van der Waals surface area (Å²) in [4.78, 5) is 30.5. The Balaban J connectivity index is 2.61. The lowest BCUT2D eigenvalue weighted by Crippen LogP contribution is -2.47. The topological polar surface area (TPSA) is 101 Å². The van der Waals surface area contributed by atoms with E-state index >= 15 is 0 Å². The number of hydrogen-bond donors (Lipinski definition) is 1. The molecule has 1 aliphatic rings. The van der Waals surface area contributed by atoms with E-state index in [4.69, 9.17) is 24.4 Å². The summed E-state index contributed by atoms with van der Waals surface area (Å²) in [5, 5.41) is 8.70. The van der Waals surface area contributed by atoms with Crippen molar-refractivity contribution in [2.75, 3.05) is 60.2 Å². The van der Waals surface area contributed by atoms with Gasteiger partial charge in [0.15, 0.2) is 6.29 Å². The zero-order valence-corrected chi connectivity index (χ0v) is 39.9. The second kappa shape index (κ2) is 39.6. The van der Waals surface area contributed by atoms with Crippen molar-refractivity contribution in [1.82, 2.24) is 9.80 Å². The molecule has 9 nitrogen and oxygen atoms in total. The average molecular weight is 846 g/mol. The number of rotatable bonds is 41. The van der Waals surface area contributed by atoms with Gasteiger partial charge in [-0.05, 0) is 91.3 Å². The molecule has 0 saturated carbocycles. The summed E-state index contributed by atoms with van der Waals surface area (Å²) in [5.74, 6) is 0.230. The second-order valence-electron chi connectivity index (χ2n) is 17.9. The summed E-state index contributed by atoms with van der Waals surface area (Å²) < 4.78 is 24.3. The Hall–Kier alpha value is -2.23. The minimum Gasteiger partial charge on any atom is -0.465 e. The Morgan fingerprint density at radius 3 is 1.62 bits per heavy atom. The van der Waals surface area contributed by atoms with Crippen LogP contribution in [0, 0.1) is 10.8 Å². The molecule has 1 saturated heterocycles. The normalized spacial score (nSPS) is 14.3. The molecule has 0 spiro atoms. The molecule has 1 N–H and O–H groups in total. The van der Waals surface area contributed by atoms with Crippen LogP contribution in [0.25, 0.3) is 0 Å². The number of nitrogens with one attached hydrogen (secondary N) is 1. The molecule has 0 aromatic rings. The number of nitrogens with zero attached hydrogens (tertiary/aromatic N) is 2. The molecule has 1 aliphatic heterocycles. The molecule has 1 fully saturated rings. The highest BCUT2D eigenvalue weighted by Crippen LogP contribution is 2.33. The molecule has 9 heteroatoms. The van der Waals surface area contributed by atoms with Crippen LogP contribution in [0.15, 0.2) is 24.3 Å². The first-order valence-corrected chi connectivity index (χ1v) is 25.1. The van der Waals surface area contributed by atoms with Gasteiger partial charge in [-0.1, -0.05) is 141 Å². The van der Waals surface area contributed by atoms with Crippen molar-refractivity contribution >= 4 is 17.8 Å². The van der Waals surface area contributed by atoms with E-state index < -0.39 is 11.7 Å². The van der Waals surface area contributed by atoms with Crippen LogP contribution in [0.4, 0.5) is 0 Å². The maximum absolute atomic E-state index is 13.2. The number of likely N-dealkylation sites (tertiary alicyclic amines) is 1. The van der Waals surface area contributed by atoms with E-state index in [1.165, 1.54) is 89.9 Å². The fourth-order valence-electron chi connectivity index (χ4n) is 7.64. The third kappa shape index (κ3) is 32.5. The Morgan fingerprint density at radius 2 is 1.07 bits per heavy atom. The molecule has 0 aliphatic carbocycles. The van der Waals surface area contributed by atoms with Crippen LogP contribution in [0.3, 0.4) is 0 Å². The van der Waals surface area contributed by atoms with Gasteiger partial charge in [0.05, 0.1) is 12.3 Å². The largest absolute Gasteiger partial charge is 0.465 e. The molecule has 60 heavy (non-hydrogen) atoms. The van der Waals surface area contributed by atoms with E-state index in [-0.39, 0.29) is 31.6 Å². The number of piperidine rings is 1. The van der Waals surface area contributed by atoms with Crippen molar-refractivity contribution in [2.45, 2.75) is 220 Å². The van der Waals surface area contributed by atoms with Crippen LogP contribution < -0.4 is 0 Å². The van der Waals surface area contributed by atoms with E-state index in [1.54, 1.807) is 0 Å². The van der Waals surface area contributed by atoms with E-state index in [1.807, 2.05) is 0 Å². The summed E-state index contributed by atoms with van der Waals surface area (Å²) in [6.45, 7) is 10.8. The molecular formula is C51H95N3O6. The van der Waals surface area contributed by atoms with Crippen molar-refractivity contribution < 1.29 is 28.5 Å². The van der Waals surface area contributed by atoms with E-state index in [9.17, 15) is 9.59 Å². The summed E-state index contributed by atoms with van der Waals surface area (Å²) in [6.07, 6.45) is 39.9. The van der Waals surface area contributed by atoms with Gasteiger partial charge in [0.2, 0.25) is 0 Å². The van der Waals surface area contributed by atoms with E-state index in [0.717, 1.165) is 77.2 Å². The maximum Gasteiger partial charge on any atom is 0.305 e. The molecular weight excluding hydrogens is 751 g/mol. The first-order valence-electron chi connectivity index (χ1n) is 25.1. The summed E-state index contributed by atoms with van der Waals surface area (Å²) >= 11 is 0. The number of amidine groups is 1. The molecule has 350 valence electrons. The van der Waals surface area contributed by atoms with Gasteiger partial charge in [-0.15, -0.1) is 0 Å². The average Bonchev–Trinajstić information content (AvgIpc) is 3.24. The molecule has 0 aromatic heterocycles. The van der Waals surface area contributed by atoms with Gasteiger partial charge < -0.3 is 28.7 Å². The van der Waals surface area contributed by atoms with E-state index in [0.29, 0.717) is 57.8 Å². The number of carbonyl (C=O) groups is 2. The number of hydrogen-bond acceptors (Lipinski definition) is 8. The van der Waals surface area contributed by atoms with Crippen LogP contribution in [0.2, 0.25) is 0 Å². The van der Waals surface area contributed by atoms with Crippen LogP contribution in [0.1, 0.15) is 213 Å². The van der Waals surface area contributed by atoms with Gasteiger partial charge in [-0.25, -0.2) is 0 Å². The molecule has 1 heterocycles. The van der Waals surface area contributed by atoms with Gasteiger partial charge in [-0.3, -0.25) is 15.0 Å². The monoisotopic (exact) mass is 846 g/mol. The van der Waals surface area contributed by atoms with Crippen molar-refractivity contribution in [3.8, 4) is 0 Å². The van der Waals surface area contributed by atoms with Crippen LogP contribution >= 0.6 is 0 Å². The molecule has 0 unspecified atom stereocenters. The highest BCUT2D eigenvalue weighted by atomic mass is 16.7. The summed E-state index contributed by atoms with van der Waals surface area (Å²) in [5.41, 5.74) is -0.452. The third-order valence-electron chi connectivity index (χ3n) is 11.8. The Morgan fingerprint density at radius 1 is 0.600 bits per heavy atom. The first kappa shape index (κ1) is 55.8. The number of carbonyl (C=O) groups excluding carboxylic acids is 2. The SMILES string of the molecule is CCCCC/C=C\C/C=C\CCCCCCCC(=O)OCC1(COC(=O)CCC(OCCCCCCCC)OCCCCCCCC)CCN(C(=N)CCCN(C)C)CC1.